The van der Waals surface area contributed by atoms with Crippen molar-refractivity contribution in [2.24, 2.45) is 5.92 Å². The maximum atomic E-state index is 13.2. The number of nitrogens with one attached hydrogen (secondary N) is 1. The summed E-state index contributed by atoms with van der Waals surface area (Å²) in [7, 11) is 0. The lowest BCUT2D eigenvalue weighted by Crippen LogP contribution is -2.53. The van der Waals surface area contributed by atoms with Crippen molar-refractivity contribution >= 4 is 28.8 Å². The number of hydrogen-bond donors (Lipinski definition) is 1. The Morgan fingerprint density at radius 1 is 1.34 bits per heavy atom. The van der Waals surface area contributed by atoms with E-state index in [0.717, 1.165) is 31.4 Å². The molecule has 3 aliphatic rings. The van der Waals surface area contributed by atoms with E-state index >= 15 is 0 Å². The van der Waals surface area contributed by atoms with Crippen LogP contribution in [0.5, 0.6) is 0 Å². The molecule has 0 spiro atoms. The summed E-state index contributed by atoms with van der Waals surface area (Å²) in [5.74, 6) is -0.178. The molecule has 0 radical (unpaired) electrons. The molecule has 4 rings (SSSR count). The van der Waals surface area contributed by atoms with E-state index in [4.69, 9.17) is 0 Å². The molecule has 172 valence electrons. The molecular formula is C22H28N5O4S-. The van der Waals surface area contributed by atoms with Gasteiger partial charge in [0.1, 0.15) is 6.04 Å². The maximum absolute atomic E-state index is 13.2. The van der Waals surface area contributed by atoms with Gasteiger partial charge in [0.2, 0.25) is 11.8 Å². The predicted molar refractivity (Wildman–Crippen MR) is 118 cm³/mol. The lowest BCUT2D eigenvalue weighted by Gasteiger charge is -2.38. The van der Waals surface area contributed by atoms with Crippen molar-refractivity contribution in [2.75, 3.05) is 24.4 Å². The third-order valence-electron chi connectivity index (χ3n) is 6.94. The summed E-state index contributed by atoms with van der Waals surface area (Å²) in [5, 5.41) is 9.27. The van der Waals surface area contributed by atoms with Gasteiger partial charge in [-0.1, -0.05) is 19.1 Å². The van der Waals surface area contributed by atoms with Gasteiger partial charge in [0.15, 0.2) is 0 Å². The van der Waals surface area contributed by atoms with Crippen LogP contribution >= 0.6 is 0 Å². The molecular weight excluding hydrogens is 430 g/mol. The normalized spacial score (nSPS) is 27.9. The number of nitriles is 1. The van der Waals surface area contributed by atoms with Crippen LogP contribution in [0.3, 0.4) is 0 Å². The molecule has 0 aliphatic carbocycles. The lowest BCUT2D eigenvalue weighted by molar-refractivity contribution is -0.142. The number of benzene rings is 1. The number of carbonyl (C=O) groups excluding carboxylic acids is 2. The topological polar surface area (TPSA) is 120 Å². The second-order valence-corrected chi connectivity index (χ2v) is 9.63. The zero-order valence-electron chi connectivity index (χ0n) is 18.3. The molecule has 2 bridgehead atoms. The minimum atomic E-state index is -2.37. The third-order valence-corrected chi connectivity index (χ3v) is 7.34. The quantitative estimate of drug-likeness (QED) is 0.617. The van der Waals surface area contributed by atoms with E-state index in [9.17, 15) is 23.6 Å². The molecule has 0 saturated carbocycles. The first-order valence-corrected chi connectivity index (χ1v) is 12.1. The average molecular weight is 459 g/mol. The summed E-state index contributed by atoms with van der Waals surface area (Å²) in [6.07, 6.45) is 2.35. The van der Waals surface area contributed by atoms with Crippen molar-refractivity contribution in [3.05, 3.63) is 29.8 Å². The smallest absolute Gasteiger partial charge is 0.240 e. The predicted octanol–water partition coefficient (Wildman–Crippen LogP) is 1.39. The summed E-state index contributed by atoms with van der Waals surface area (Å²) in [6.45, 7) is 5.76. The van der Waals surface area contributed by atoms with E-state index in [1.807, 2.05) is 30.9 Å². The van der Waals surface area contributed by atoms with E-state index in [1.54, 1.807) is 17.0 Å². The number of anilines is 1. The van der Waals surface area contributed by atoms with Crippen LogP contribution < -0.4 is 4.72 Å². The van der Waals surface area contributed by atoms with Crippen LogP contribution in [-0.2, 0) is 20.9 Å². The molecule has 32 heavy (non-hydrogen) atoms. The molecule has 3 heterocycles. The Morgan fingerprint density at radius 2 is 2.06 bits per heavy atom. The summed E-state index contributed by atoms with van der Waals surface area (Å²) in [4.78, 5) is 31.7. The van der Waals surface area contributed by atoms with Crippen LogP contribution in [0.15, 0.2) is 24.3 Å². The van der Waals surface area contributed by atoms with Crippen molar-refractivity contribution in [2.45, 2.75) is 57.3 Å². The van der Waals surface area contributed by atoms with Gasteiger partial charge in [0, 0.05) is 48.5 Å². The molecule has 9 nitrogen and oxygen atoms in total. The fourth-order valence-electron chi connectivity index (χ4n) is 5.36. The molecule has 1 aromatic carbocycles. The summed E-state index contributed by atoms with van der Waals surface area (Å²) >= 11 is -2.37. The monoisotopic (exact) mass is 458 g/mol. The highest BCUT2D eigenvalue weighted by Gasteiger charge is 2.51. The average Bonchev–Trinajstić information content (AvgIpc) is 3.47. The minimum absolute atomic E-state index is 0.00204. The number of fused-ring (bicyclic) bond motifs is 2. The first kappa shape index (κ1) is 22.7. The number of hydrogen-bond acceptors (Lipinski definition) is 6. The molecule has 6 atom stereocenters. The Hall–Kier alpha value is -2.48. The highest BCUT2D eigenvalue weighted by atomic mass is 32.2. The second-order valence-electron chi connectivity index (χ2n) is 8.96. The van der Waals surface area contributed by atoms with Gasteiger partial charge in [-0.3, -0.25) is 18.7 Å². The van der Waals surface area contributed by atoms with Gasteiger partial charge in [0.25, 0.3) is 0 Å². The van der Waals surface area contributed by atoms with Crippen LogP contribution in [0.1, 0.15) is 44.7 Å². The fourth-order valence-corrected chi connectivity index (χ4v) is 5.69. The van der Waals surface area contributed by atoms with E-state index in [2.05, 4.69) is 15.7 Å². The van der Waals surface area contributed by atoms with E-state index < -0.39 is 11.3 Å². The number of carbonyl (C=O) groups is 2. The number of amides is 2. The lowest BCUT2D eigenvalue weighted by atomic mass is 10.0. The molecule has 1 aromatic rings. The van der Waals surface area contributed by atoms with Crippen molar-refractivity contribution in [1.82, 2.24) is 14.7 Å². The Bertz CT molecular complexity index is 949. The van der Waals surface area contributed by atoms with Crippen LogP contribution in [0.4, 0.5) is 5.69 Å². The second kappa shape index (κ2) is 9.17. The van der Waals surface area contributed by atoms with Crippen LogP contribution in [0.2, 0.25) is 0 Å². The van der Waals surface area contributed by atoms with Crippen molar-refractivity contribution in [3.8, 4) is 6.07 Å². The van der Waals surface area contributed by atoms with Gasteiger partial charge in [-0.25, -0.2) is 0 Å². The molecule has 1 N–H and O–H groups in total. The van der Waals surface area contributed by atoms with Gasteiger partial charge in [-0.05, 0) is 43.9 Å². The standard InChI is InChI=1S/C22H29N5O4S/c1-14(21(28)26-9-3-4-18(26)11-23)12-25-13-19-10-20(25)22(29)27(19)15(2)16-5-7-17(8-6-16)24-32(30)31/h5-8,14-15,18-20,24H,3-4,9-10,12-13H2,1-2H3,(H,30,31)/p-1/t14-,15+,18-,19+,20+/m0/s1. The number of piperazine rings is 1. The maximum Gasteiger partial charge on any atom is 0.240 e. The van der Waals surface area contributed by atoms with E-state index in [-0.39, 0.29) is 41.9 Å². The number of likely N-dealkylation sites (tertiary alicyclic amines) is 3. The number of nitrogens with zero attached hydrogens (tertiary/aromatic N) is 4. The third kappa shape index (κ3) is 4.25. The molecule has 3 fully saturated rings. The first-order valence-electron chi connectivity index (χ1n) is 11.0. The number of rotatable bonds is 7. The van der Waals surface area contributed by atoms with Gasteiger partial charge in [0.05, 0.1) is 18.2 Å². The molecule has 3 aliphatic heterocycles. The van der Waals surface area contributed by atoms with Crippen LogP contribution in [0, 0.1) is 17.2 Å². The van der Waals surface area contributed by atoms with Crippen LogP contribution in [-0.4, -0.2) is 73.0 Å². The summed E-state index contributed by atoms with van der Waals surface area (Å²) in [5.41, 5.74) is 1.42. The summed E-state index contributed by atoms with van der Waals surface area (Å²) < 4.78 is 23.9. The SMILES string of the molecule is C[C@H](c1ccc(NS(=O)[O-])cc1)N1C(=O)[C@H]2C[C@@H]1CN2C[C@H](C)C(=O)N1CCC[C@H]1C#N. The molecule has 3 saturated heterocycles. The van der Waals surface area contributed by atoms with Crippen molar-refractivity contribution in [3.63, 3.8) is 0 Å². The van der Waals surface area contributed by atoms with Gasteiger partial charge in [-0.15, -0.1) is 0 Å². The Balaban J connectivity index is 1.37. The zero-order valence-corrected chi connectivity index (χ0v) is 19.1. The van der Waals surface area contributed by atoms with Gasteiger partial charge >= 0.3 is 0 Å². The Morgan fingerprint density at radius 3 is 2.69 bits per heavy atom. The van der Waals surface area contributed by atoms with Crippen LogP contribution in [0.25, 0.3) is 0 Å². The molecule has 1 unspecified atom stereocenters. The molecule has 10 heteroatoms. The Labute approximate surface area is 190 Å². The van der Waals surface area contributed by atoms with E-state index in [0.29, 0.717) is 18.8 Å². The van der Waals surface area contributed by atoms with Gasteiger partial charge in [-0.2, -0.15) is 5.26 Å². The highest BCUT2D eigenvalue weighted by Crippen LogP contribution is 2.38. The van der Waals surface area contributed by atoms with Crippen molar-refractivity contribution in [1.29, 1.82) is 5.26 Å². The highest BCUT2D eigenvalue weighted by molar-refractivity contribution is 7.80. The molecule has 2 amide bonds. The zero-order chi connectivity index (χ0) is 23.0. The summed E-state index contributed by atoms with van der Waals surface area (Å²) in [6, 6.07) is 8.69. The largest absolute Gasteiger partial charge is 0.755 e. The minimum Gasteiger partial charge on any atom is -0.755 e. The first-order chi connectivity index (χ1) is 15.3. The molecule has 0 aromatic heterocycles. The Kier molecular flexibility index (Phi) is 6.51. The van der Waals surface area contributed by atoms with Crippen molar-refractivity contribution < 1.29 is 18.4 Å². The fraction of sp³-hybridized carbons (Fsp3) is 0.591. The van der Waals surface area contributed by atoms with Gasteiger partial charge < -0.3 is 19.1 Å². The van der Waals surface area contributed by atoms with E-state index in [1.165, 1.54) is 0 Å².